The van der Waals surface area contributed by atoms with E-state index < -0.39 is 15.3 Å². The highest BCUT2D eigenvalue weighted by Crippen LogP contribution is 1.99. The molecule has 2 atom stereocenters. The predicted molar refractivity (Wildman–Crippen MR) is 65.8 cm³/mol. The molecule has 0 fully saturated rings. The smallest absolute Gasteiger partial charge is 0.220 e. The normalized spacial score (nSPS) is 15.7. The van der Waals surface area contributed by atoms with E-state index in [0.29, 0.717) is 6.61 Å². The summed E-state index contributed by atoms with van der Waals surface area (Å²) in [6.45, 7) is 1.86. The lowest BCUT2D eigenvalue weighted by atomic mass is 10.4. The fourth-order valence-electron chi connectivity index (χ4n) is 0.883. The molecular weight excluding hydrogens is 252 g/mol. The van der Waals surface area contributed by atoms with Crippen molar-refractivity contribution in [3.05, 3.63) is 0 Å². The minimum absolute atomic E-state index is 0.0618. The molecule has 0 amide bonds. The zero-order valence-electron chi connectivity index (χ0n) is 9.60. The van der Waals surface area contributed by atoms with E-state index in [-0.39, 0.29) is 17.6 Å². The van der Waals surface area contributed by atoms with Crippen LogP contribution in [0, 0.1) is 0 Å². The first-order valence-electron chi connectivity index (χ1n) is 4.64. The Kier molecular flexibility index (Phi) is 7.00. The van der Waals surface area contributed by atoms with Crippen LogP contribution in [0.2, 0.25) is 0 Å². The molecule has 0 saturated carbocycles. The monoisotopic (exact) mass is 270 g/mol. The summed E-state index contributed by atoms with van der Waals surface area (Å²) in [5, 5.41) is -0.900. The van der Waals surface area contributed by atoms with E-state index in [1.54, 1.807) is 0 Å². The first-order chi connectivity index (χ1) is 7.35. The molecule has 0 aromatic rings. The summed E-state index contributed by atoms with van der Waals surface area (Å²) >= 11 is 4.63. The first-order valence-corrected chi connectivity index (χ1v) is 6.60. The van der Waals surface area contributed by atoms with E-state index in [0.717, 1.165) is 0 Å². The van der Waals surface area contributed by atoms with Crippen LogP contribution in [0.5, 0.6) is 0 Å². The van der Waals surface area contributed by atoms with Crippen LogP contribution in [0.3, 0.4) is 0 Å². The molecule has 8 heteroatoms. The highest BCUT2D eigenvalue weighted by atomic mass is 32.2. The molecule has 0 radical (unpaired) electrons. The fraction of sp³-hybridized carbons (Fsp3) is 0.875. The molecule has 0 rings (SSSR count). The number of hydrogen-bond donors (Lipinski definition) is 2. The minimum atomic E-state index is -3.53. The lowest BCUT2D eigenvalue weighted by Gasteiger charge is -2.17. The van der Waals surface area contributed by atoms with Crippen molar-refractivity contribution in [1.29, 1.82) is 0 Å². The molecule has 96 valence electrons. The van der Waals surface area contributed by atoms with E-state index in [4.69, 9.17) is 15.2 Å². The van der Waals surface area contributed by atoms with Gasteiger partial charge in [0.05, 0.1) is 17.7 Å². The summed E-state index contributed by atoms with van der Waals surface area (Å²) in [6, 6.07) is 0. The van der Waals surface area contributed by atoms with E-state index >= 15 is 0 Å². The Morgan fingerprint density at radius 1 is 1.50 bits per heavy atom. The van der Waals surface area contributed by atoms with E-state index in [2.05, 4.69) is 16.9 Å². The lowest BCUT2D eigenvalue weighted by molar-refractivity contribution is 0.0320. The molecule has 0 saturated heterocycles. The molecule has 16 heavy (non-hydrogen) atoms. The zero-order valence-corrected chi connectivity index (χ0v) is 11.2. The molecule has 2 unspecified atom stereocenters. The number of ether oxygens (including phenoxy) is 2. The van der Waals surface area contributed by atoms with E-state index in [1.807, 2.05) is 0 Å². The van der Waals surface area contributed by atoms with Gasteiger partial charge < -0.3 is 15.2 Å². The van der Waals surface area contributed by atoms with Crippen LogP contribution >= 0.6 is 12.2 Å². The highest BCUT2D eigenvalue weighted by molar-refractivity contribution is 7.93. The number of hydrogen-bond acceptors (Lipinski definition) is 5. The van der Waals surface area contributed by atoms with Gasteiger partial charge in [0.1, 0.15) is 5.25 Å². The molecule has 0 spiro atoms. The van der Waals surface area contributed by atoms with Crippen molar-refractivity contribution in [1.82, 2.24) is 4.72 Å². The van der Waals surface area contributed by atoms with Gasteiger partial charge in [0.25, 0.3) is 0 Å². The number of sulfonamides is 1. The fourth-order valence-corrected chi connectivity index (χ4v) is 2.24. The molecular formula is C8H18N2O4S2. The topological polar surface area (TPSA) is 90.7 Å². The van der Waals surface area contributed by atoms with Gasteiger partial charge in [0.2, 0.25) is 10.0 Å². The Balaban J connectivity index is 4.33. The van der Waals surface area contributed by atoms with Crippen LogP contribution < -0.4 is 10.5 Å². The highest BCUT2D eigenvalue weighted by Gasteiger charge is 2.23. The predicted octanol–water partition coefficient (Wildman–Crippen LogP) is -0.758. The van der Waals surface area contributed by atoms with Gasteiger partial charge in [-0.2, -0.15) is 0 Å². The van der Waals surface area contributed by atoms with Crippen molar-refractivity contribution in [2.75, 3.05) is 27.4 Å². The van der Waals surface area contributed by atoms with Gasteiger partial charge in [0.15, 0.2) is 0 Å². The van der Waals surface area contributed by atoms with Gasteiger partial charge in [0, 0.05) is 20.8 Å². The third kappa shape index (κ3) is 5.17. The molecule has 0 aliphatic heterocycles. The van der Waals surface area contributed by atoms with Gasteiger partial charge in [-0.05, 0) is 6.92 Å². The third-order valence-electron chi connectivity index (χ3n) is 2.06. The zero-order chi connectivity index (χ0) is 12.8. The molecule has 0 heterocycles. The van der Waals surface area contributed by atoms with Crippen LogP contribution in [0.4, 0.5) is 0 Å². The number of rotatable bonds is 8. The van der Waals surface area contributed by atoms with Crippen molar-refractivity contribution >= 4 is 27.2 Å². The van der Waals surface area contributed by atoms with Gasteiger partial charge in [-0.3, -0.25) is 0 Å². The van der Waals surface area contributed by atoms with Crippen LogP contribution in [0.25, 0.3) is 0 Å². The molecule has 0 aliphatic rings. The van der Waals surface area contributed by atoms with E-state index in [9.17, 15) is 8.42 Å². The SMILES string of the molecule is COCC(CNS(=O)(=O)C(C)C(N)=S)OC. The van der Waals surface area contributed by atoms with Crippen LogP contribution in [-0.2, 0) is 19.5 Å². The molecule has 0 bridgehead atoms. The standard InChI is InChI=1S/C8H18N2O4S2/c1-6(8(9)15)16(11,12)10-4-7(14-3)5-13-2/h6-7,10H,4-5H2,1-3H3,(H2,9,15). The largest absolute Gasteiger partial charge is 0.392 e. The second-order valence-electron chi connectivity index (χ2n) is 3.25. The second-order valence-corrected chi connectivity index (χ2v) is 5.81. The van der Waals surface area contributed by atoms with Gasteiger partial charge in [-0.25, -0.2) is 13.1 Å². The maximum Gasteiger partial charge on any atom is 0.220 e. The number of methoxy groups -OCH3 is 2. The average Bonchev–Trinajstić information content (AvgIpc) is 2.22. The van der Waals surface area contributed by atoms with Crippen LogP contribution in [0.15, 0.2) is 0 Å². The van der Waals surface area contributed by atoms with Crippen molar-refractivity contribution in [2.24, 2.45) is 5.73 Å². The van der Waals surface area contributed by atoms with Crippen molar-refractivity contribution < 1.29 is 17.9 Å². The lowest BCUT2D eigenvalue weighted by Crippen LogP contribution is -2.43. The summed E-state index contributed by atoms with van der Waals surface area (Å²) in [5.74, 6) is 0. The third-order valence-corrected chi connectivity index (χ3v) is 4.32. The summed E-state index contributed by atoms with van der Waals surface area (Å²) in [5.41, 5.74) is 5.28. The van der Waals surface area contributed by atoms with Crippen molar-refractivity contribution in [2.45, 2.75) is 18.3 Å². The molecule has 3 N–H and O–H groups in total. The summed E-state index contributed by atoms with van der Waals surface area (Å²) < 4.78 is 35.5. The van der Waals surface area contributed by atoms with Gasteiger partial charge in [-0.1, -0.05) is 12.2 Å². The molecule has 0 aromatic heterocycles. The quantitative estimate of drug-likeness (QED) is 0.564. The average molecular weight is 270 g/mol. The first kappa shape index (κ1) is 15.7. The molecule has 0 aliphatic carbocycles. The summed E-state index contributed by atoms with van der Waals surface area (Å²) in [4.78, 5) is -0.0618. The van der Waals surface area contributed by atoms with Crippen LogP contribution in [0.1, 0.15) is 6.92 Å². The molecule has 0 aromatic carbocycles. The van der Waals surface area contributed by atoms with Crippen LogP contribution in [-0.4, -0.2) is 52.1 Å². The maximum atomic E-state index is 11.6. The van der Waals surface area contributed by atoms with E-state index in [1.165, 1.54) is 21.1 Å². The Labute approximate surface area is 102 Å². The van der Waals surface area contributed by atoms with Gasteiger partial charge >= 0.3 is 0 Å². The maximum absolute atomic E-state index is 11.6. The number of nitrogens with one attached hydrogen (secondary N) is 1. The Hall–Kier alpha value is -0.280. The number of nitrogens with two attached hydrogens (primary N) is 1. The summed E-state index contributed by atoms with van der Waals surface area (Å²) in [7, 11) is -0.542. The Morgan fingerprint density at radius 3 is 2.44 bits per heavy atom. The Morgan fingerprint density at radius 2 is 2.06 bits per heavy atom. The molecule has 6 nitrogen and oxygen atoms in total. The van der Waals surface area contributed by atoms with Crippen molar-refractivity contribution in [3.63, 3.8) is 0 Å². The minimum Gasteiger partial charge on any atom is -0.392 e. The summed E-state index contributed by atoms with van der Waals surface area (Å²) in [6.07, 6.45) is -0.335. The Bertz CT molecular complexity index is 318. The second kappa shape index (κ2) is 7.13. The number of thiocarbonyl (C=S) groups is 1. The van der Waals surface area contributed by atoms with Crippen molar-refractivity contribution in [3.8, 4) is 0 Å². The van der Waals surface area contributed by atoms with Gasteiger partial charge in [-0.15, -0.1) is 0 Å².